The largest absolute Gasteiger partial charge is 0.337 e. The van der Waals surface area contributed by atoms with Gasteiger partial charge in [0.25, 0.3) is 5.91 Å². The number of carbonyl (C=O) groups excluding carboxylic acids is 1. The molecule has 1 saturated heterocycles. The molecule has 0 saturated carbocycles. The van der Waals surface area contributed by atoms with E-state index in [-0.39, 0.29) is 5.91 Å². The topological polar surface area (TPSA) is 52.2 Å². The second-order valence-corrected chi connectivity index (χ2v) is 8.69. The molecule has 33 heavy (non-hydrogen) atoms. The van der Waals surface area contributed by atoms with Crippen LogP contribution in [-0.4, -0.2) is 59.1 Å². The van der Waals surface area contributed by atoms with E-state index in [1.54, 1.807) is 0 Å². The Morgan fingerprint density at radius 2 is 1.82 bits per heavy atom. The average molecular weight is 435 g/mol. The summed E-state index contributed by atoms with van der Waals surface area (Å²) in [6, 6.07) is 24.6. The molecule has 1 aromatic heterocycles. The Bertz CT molecular complexity index is 1360. The van der Waals surface area contributed by atoms with Crippen molar-refractivity contribution in [2.24, 2.45) is 0 Å². The quantitative estimate of drug-likeness (QED) is 0.486. The predicted molar refractivity (Wildman–Crippen MR) is 132 cm³/mol. The summed E-state index contributed by atoms with van der Waals surface area (Å²) in [6.07, 6.45) is 1.01. The van der Waals surface area contributed by atoms with Crippen LogP contribution in [0, 0.1) is 11.8 Å². The van der Waals surface area contributed by atoms with Crippen molar-refractivity contribution in [3.8, 4) is 23.0 Å². The number of H-pyrrole nitrogens is 1. The molecule has 0 unspecified atom stereocenters. The first-order valence-corrected chi connectivity index (χ1v) is 11.2. The second-order valence-electron chi connectivity index (χ2n) is 8.69. The van der Waals surface area contributed by atoms with Gasteiger partial charge in [-0.15, -0.1) is 0 Å². The number of amides is 1. The van der Waals surface area contributed by atoms with Crippen molar-refractivity contribution in [3.05, 3.63) is 89.6 Å². The fourth-order valence-electron chi connectivity index (χ4n) is 4.31. The fourth-order valence-corrected chi connectivity index (χ4v) is 4.31. The molecule has 1 aliphatic rings. The Morgan fingerprint density at radius 3 is 2.61 bits per heavy atom. The van der Waals surface area contributed by atoms with Gasteiger partial charge in [0.15, 0.2) is 0 Å². The van der Waals surface area contributed by atoms with Crippen LogP contribution in [0.5, 0.6) is 0 Å². The molecule has 4 aromatic rings. The number of aromatic amines is 1. The molecular weight excluding hydrogens is 408 g/mol. The lowest BCUT2D eigenvalue weighted by Crippen LogP contribution is -2.34. The van der Waals surface area contributed by atoms with E-state index in [1.807, 2.05) is 53.4 Å². The zero-order chi connectivity index (χ0) is 22.8. The van der Waals surface area contributed by atoms with Crippen molar-refractivity contribution in [1.29, 1.82) is 0 Å². The molecule has 5 heteroatoms. The fraction of sp³-hybridized carbons (Fsp3) is 0.214. The van der Waals surface area contributed by atoms with Gasteiger partial charge in [-0.05, 0) is 67.9 Å². The minimum atomic E-state index is 0.0666. The van der Waals surface area contributed by atoms with Gasteiger partial charge >= 0.3 is 0 Å². The molecule has 5 rings (SSSR count). The molecule has 0 bridgehead atoms. The number of hydrogen-bond donors (Lipinski definition) is 1. The van der Waals surface area contributed by atoms with Crippen molar-refractivity contribution in [2.75, 3.05) is 27.2 Å². The summed E-state index contributed by atoms with van der Waals surface area (Å²) in [4.78, 5) is 17.2. The highest BCUT2D eigenvalue weighted by molar-refractivity contribution is 5.99. The van der Waals surface area contributed by atoms with Gasteiger partial charge < -0.3 is 9.80 Å². The van der Waals surface area contributed by atoms with Crippen LogP contribution in [0.2, 0.25) is 0 Å². The van der Waals surface area contributed by atoms with Gasteiger partial charge in [0.2, 0.25) is 0 Å². The van der Waals surface area contributed by atoms with Crippen LogP contribution in [0.3, 0.4) is 0 Å². The maximum absolute atomic E-state index is 13.1. The van der Waals surface area contributed by atoms with Crippen molar-refractivity contribution in [2.45, 2.75) is 12.5 Å². The third kappa shape index (κ3) is 4.39. The Labute approximate surface area is 194 Å². The molecule has 0 aliphatic carbocycles. The summed E-state index contributed by atoms with van der Waals surface area (Å²) < 4.78 is 0. The number of likely N-dealkylation sites (N-methyl/N-ethyl adjacent to an activating group) is 1. The Balaban J connectivity index is 1.41. The standard InChI is InChI=1S/C28H26N4O/c1-31(2)24-15-16-32(19-24)28(33)23-12-14-27-25(18-23)26(29-30-27)13-11-20-7-6-10-22(17-20)21-8-4-3-5-9-21/h3-10,12,14,17-18,24H,15-16,19H2,1-2H3,(H,29,30)/t24-/m0/s1. The SMILES string of the molecule is CN(C)[C@H]1CCN(C(=O)c2ccc3[nH]nc(C#Cc4cccc(-c5ccccc5)c4)c3c2)C1. The van der Waals surface area contributed by atoms with Gasteiger partial charge in [-0.2, -0.15) is 5.10 Å². The third-order valence-corrected chi connectivity index (χ3v) is 6.29. The predicted octanol–water partition coefficient (Wildman–Crippen LogP) is 4.41. The van der Waals surface area contributed by atoms with E-state index in [9.17, 15) is 4.79 Å². The van der Waals surface area contributed by atoms with Crippen LogP contribution in [0.1, 0.15) is 28.0 Å². The smallest absolute Gasteiger partial charge is 0.253 e. The van der Waals surface area contributed by atoms with E-state index in [4.69, 9.17) is 0 Å². The minimum Gasteiger partial charge on any atom is -0.337 e. The molecule has 1 atom stereocenters. The lowest BCUT2D eigenvalue weighted by atomic mass is 10.0. The number of fused-ring (bicyclic) bond motifs is 1. The summed E-state index contributed by atoms with van der Waals surface area (Å²) in [5, 5.41) is 8.30. The van der Waals surface area contributed by atoms with Gasteiger partial charge in [0.05, 0.1) is 5.52 Å². The molecule has 0 radical (unpaired) electrons. The highest BCUT2D eigenvalue weighted by Crippen LogP contribution is 2.22. The molecular formula is C28H26N4O. The first-order chi connectivity index (χ1) is 16.1. The van der Waals surface area contributed by atoms with Crippen molar-refractivity contribution in [3.63, 3.8) is 0 Å². The maximum Gasteiger partial charge on any atom is 0.253 e. The van der Waals surface area contributed by atoms with Crippen LogP contribution in [0.15, 0.2) is 72.8 Å². The number of carbonyl (C=O) groups is 1. The number of rotatable bonds is 3. The molecule has 1 aliphatic heterocycles. The molecule has 1 amide bonds. The monoisotopic (exact) mass is 434 g/mol. The van der Waals surface area contributed by atoms with E-state index in [1.165, 1.54) is 0 Å². The number of likely N-dealkylation sites (tertiary alicyclic amines) is 1. The van der Waals surface area contributed by atoms with Crippen molar-refractivity contribution < 1.29 is 4.79 Å². The summed E-state index contributed by atoms with van der Waals surface area (Å²) in [6.45, 7) is 1.55. The highest BCUT2D eigenvalue weighted by Gasteiger charge is 2.28. The van der Waals surface area contributed by atoms with E-state index in [0.717, 1.165) is 47.1 Å². The molecule has 5 nitrogen and oxygen atoms in total. The molecule has 1 N–H and O–H groups in total. The number of nitrogens with one attached hydrogen (secondary N) is 1. The normalized spacial score (nSPS) is 15.6. The Morgan fingerprint density at radius 1 is 1.00 bits per heavy atom. The van der Waals surface area contributed by atoms with Gasteiger partial charge in [0, 0.05) is 35.6 Å². The first-order valence-electron chi connectivity index (χ1n) is 11.2. The summed E-state index contributed by atoms with van der Waals surface area (Å²) in [5.74, 6) is 6.50. The molecule has 0 spiro atoms. The van der Waals surface area contributed by atoms with Gasteiger partial charge in [-0.1, -0.05) is 48.4 Å². The van der Waals surface area contributed by atoms with E-state index < -0.39 is 0 Å². The van der Waals surface area contributed by atoms with E-state index in [0.29, 0.717) is 17.3 Å². The second kappa shape index (κ2) is 8.93. The summed E-state index contributed by atoms with van der Waals surface area (Å²) >= 11 is 0. The molecule has 3 aromatic carbocycles. The molecule has 1 fully saturated rings. The highest BCUT2D eigenvalue weighted by atomic mass is 16.2. The number of aromatic nitrogens is 2. The molecule has 2 heterocycles. The Kier molecular flexibility index (Phi) is 5.68. The number of hydrogen-bond acceptors (Lipinski definition) is 3. The zero-order valence-corrected chi connectivity index (χ0v) is 18.9. The Hall–Kier alpha value is -3.88. The third-order valence-electron chi connectivity index (χ3n) is 6.29. The van der Waals surface area contributed by atoms with Crippen LogP contribution >= 0.6 is 0 Å². The average Bonchev–Trinajstić information content (AvgIpc) is 3.50. The van der Waals surface area contributed by atoms with Gasteiger partial charge in [-0.3, -0.25) is 9.89 Å². The lowest BCUT2D eigenvalue weighted by Gasteiger charge is -2.20. The van der Waals surface area contributed by atoms with Gasteiger partial charge in [-0.25, -0.2) is 0 Å². The van der Waals surface area contributed by atoms with Crippen LogP contribution in [0.25, 0.3) is 22.0 Å². The summed E-state index contributed by atoms with van der Waals surface area (Å²) in [7, 11) is 4.13. The van der Waals surface area contributed by atoms with Crippen molar-refractivity contribution >= 4 is 16.8 Å². The maximum atomic E-state index is 13.1. The first kappa shape index (κ1) is 21.0. The van der Waals surface area contributed by atoms with E-state index in [2.05, 4.69) is 65.3 Å². The summed E-state index contributed by atoms with van der Waals surface area (Å²) in [5.41, 5.74) is 5.42. The van der Waals surface area contributed by atoms with Crippen LogP contribution in [-0.2, 0) is 0 Å². The van der Waals surface area contributed by atoms with Crippen LogP contribution < -0.4 is 0 Å². The van der Waals surface area contributed by atoms with Crippen molar-refractivity contribution in [1.82, 2.24) is 20.0 Å². The minimum absolute atomic E-state index is 0.0666. The number of benzene rings is 3. The van der Waals surface area contributed by atoms with Gasteiger partial charge in [0.1, 0.15) is 5.69 Å². The number of nitrogens with zero attached hydrogens (tertiary/aromatic N) is 3. The molecule has 164 valence electrons. The van der Waals surface area contributed by atoms with Crippen LogP contribution in [0.4, 0.5) is 0 Å². The van der Waals surface area contributed by atoms with E-state index >= 15 is 0 Å². The zero-order valence-electron chi connectivity index (χ0n) is 18.9. The lowest BCUT2D eigenvalue weighted by molar-refractivity contribution is 0.0783.